The van der Waals surface area contributed by atoms with Crippen molar-refractivity contribution in [1.82, 2.24) is 5.32 Å². The topological polar surface area (TPSA) is 60.7 Å². The van der Waals surface area contributed by atoms with Gasteiger partial charge in [0.25, 0.3) is 5.91 Å². The maximum Gasteiger partial charge on any atom is 0.287 e. The Kier molecular flexibility index (Phi) is 5.96. The molecule has 0 saturated heterocycles. The van der Waals surface area contributed by atoms with E-state index in [1.165, 1.54) is 0 Å². The quantitative estimate of drug-likeness (QED) is 0.614. The van der Waals surface area contributed by atoms with Crippen LogP contribution in [-0.4, -0.2) is 13.0 Å². The second-order valence-electron chi connectivity index (χ2n) is 5.54. The number of hydrogen-bond acceptors (Lipinski definition) is 4. The zero-order valence-electron chi connectivity index (χ0n) is 14.2. The van der Waals surface area contributed by atoms with Gasteiger partial charge in [0.1, 0.15) is 23.9 Å². The van der Waals surface area contributed by atoms with Crippen LogP contribution >= 0.6 is 15.9 Å². The summed E-state index contributed by atoms with van der Waals surface area (Å²) >= 11 is 3.39. The average molecular weight is 416 g/mol. The third-order valence-electron chi connectivity index (χ3n) is 3.67. The summed E-state index contributed by atoms with van der Waals surface area (Å²) in [4.78, 5) is 12.2. The molecular weight excluding hydrogens is 398 g/mol. The summed E-state index contributed by atoms with van der Waals surface area (Å²) in [5, 5.41) is 2.83. The van der Waals surface area contributed by atoms with E-state index >= 15 is 0 Å². The number of hydrogen-bond donors (Lipinski definition) is 1. The summed E-state index contributed by atoms with van der Waals surface area (Å²) in [6, 6.07) is 18.4. The van der Waals surface area contributed by atoms with Crippen molar-refractivity contribution in [2.75, 3.05) is 7.11 Å². The molecule has 1 amide bonds. The number of rotatable bonds is 7. The first kappa shape index (κ1) is 18.1. The summed E-state index contributed by atoms with van der Waals surface area (Å²) in [5.41, 5.74) is 0.976. The van der Waals surface area contributed by atoms with Crippen molar-refractivity contribution >= 4 is 21.8 Å². The molecule has 5 nitrogen and oxygen atoms in total. The Labute approximate surface area is 160 Å². The van der Waals surface area contributed by atoms with Gasteiger partial charge in [-0.05, 0) is 48.0 Å². The number of methoxy groups -OCH3 is 1. The molecule has 26 heavy (non-hydrogen) atoms. The minimum atomic E-state index is -0.269. The first-order chi connectivity index (χ1) is 12.6. The van der Waals surface area contributed by atoms with Gasteiger partial charge >= 0.3 is 0 Å². The molecule has 0 spiro atoms. The van der Waals surface area contributed by atoms with E-state index in [1.54, 1.807) is 19.2 Å². The minimum Gasteiger partial charge on any atom is -0.497 e. The fourth-order valence-electron chi connectivity index (χ4n) is 2.30. The van der Waals surface area contributed by atoms with Gasteiger partial charge in [0.2, 0.25) is 0 Å². The van der Waals surface area contributed by atoms with Crippen molar-refractivity contribution in [2.45, 2.75) is 13.2 Å². The second-order valence-corrected chi connectivity index (χ2v) is 6.46. The predicted octanol–water partition coefficient (Wildman–Crippen LogP) is 4.56. The molecule has 6 heteroatoms. The fraction of sp³-hybridized carbons (Fsp3) is 0.150. The van der Waals surface area contributed by atoms with Gasteiger partial charge < -0.3 is 19.2 Å². The molecule has 1 N–H and O–H groups in total. The molecule has 0 radical (unpaired) electrons. The molecule has 0 aliphatic carbocycles. The summed E-state index contributed by atoms with van der Waals surface area (Å²) in [7, 11) is 1.62. The number of ether oxygens (including phenoxy) is 2. The lowest BCUT2D eigenvalue weighted by Crippen LogP contribution is -2.22. The van der Waals surface area contributed by atoms with Crippen LogP contribution in [0.2, 0.25) is 0 Å². The van der Waals surface area contributed by atoms with Gasteiger partial charge in [-0.25, -0.2) is 0 Å². The molecule has 0 atom stereocenters. The van der Waals surface area contributed by atoms with Crippen LogP contribution in [0, 0.1) is 0 Å². The number of furan rings is 1. The molecule has 2 aromatic carbocycles. The van der Waals surface area contributed by atoms with Gasteiger partial charge in [-0.2, -0.15) is 0 Å². The highest BCUT2D eigenvalue weighted by molar-refractivity contribution is 9.10. The Morgan fingerprint density at radius 3 is 2.62 bits per heavy atom. The Balaban J connectivity index is 1.52. The Bertz CT molecular complexity index is 874. The van der Waals surface area contributed by atoms with Crippen LogP contribution in [0.5, 0.6) is 11.5 Å². The largest absolute Gasteiger partial charge is 0.497 e. The summed E-state index contributed by atoms with van der Waals surface area (Å²) < 4.78 is 17.3. The van der Waals surface area contributed by atoms with E-state index in [1.807, 2.05) is 48.5 Å². The fourth-order valence-corrected chi connectivity index (χ4v) is 2.68. The van der Waals surface area contributed by atoms with Gasteiger partial charge in [-0.3, -0.25) is 4.79 Å². The van der Waals surface area contributed by atoms with E-state index in [0.717, 1.165) is 21.5 Å². The lowest BCUT2D eigenvalue weighted by atomic mass is 10.2. The molecule has 1 aromatic heterocycles. The van der Waals surface area contributed by atoms with E-state index in [4.69, 9.17) is 13.9 Å². The Hall–Kier alpha value is -2.73. The lowest BCUT2D eigenvalue weighted by molar-refractivity contribution is 0.0919. The van der Waals surface area contributed by atoms with Crippen LogP contribution in [0.25, 0.3) is 0 Å². The Morgan fingerprint density at radius 1 is 1.08 bits per heavy atom. The number of carbonyl (C=O) groups excluding carboxylic acids is 1. The average Bonchev–Trinajstić information content (AvgIpc) is 3.14. The normalized spacial score (nSPS) is 10.4. The van der Waals surface area contributed by atoms with Gasteiger partial charge in [0.15, 0.2) is 5.76 Å². The van der Waals surface area contributed by atoms with Crippen molar-refractivity contribution in [3.63, 3.8) is 0 Å². The third-order valence-corrected chi connectivity index (χ3v) is 4.17. The van der Waals surface area contributed by atoms with Crippen molar-refractivity contribution in [2.24, 2.45) is 0 Å². The molecule has 1 heterocycles. The summed E-state index contributed by atoms with van der Waals surface area (Å²) in [5.74, 6) is 2.07. The van der Waals surface area contributed by atoms with Gasteiger partial charge in [-0.1, -0.05) is 34.1 Å². The first-order valence-electron chi connectivity index (χ1n) is 8.02. The van der Waals surface area contributed by atoms with Crippen LogP contribution in [0.15, 0.2) is 69.6 Å². The van der Waals surface area contributed by atoms with Gasteiger partial charge in [-0.15, -0.1) is 0 Å². The van der Waals surface area contributed by atoms with E-state index in [2.05, 4.69) is 21.2 Å². The van der Waals surface area contributed by atoms with E-state index in [9.17, 15) is 4.79 Å². The number of nitrogens with one attached hydrogen (secondary N) is 1. The van der Waals surface area contributed by atoms with Crippen LogP contribution in [0.3, 0.4) is 0 Å². The second kappa shape index (κ2) is 8.58. The molecule has 0 aliphatic heterocycles. The van der Waals surface area contributed by atoms with Gasteiger partial charge in [0.05, 0.1) is 7.11 Å². The van der Waals surface area contributed by atoms with Crippen LogP contribution in [0.1, 0.15) is 21.9 Å². The smallest absolute Gasteiger partial charge is 0.287 e. The minimum absolute atomic E-state index is 0.252. The Morgan fingerprint density at radius 2 is 1.88 bits per heavy atom. The highest BCUT2D eigenvalue weighted by atomic mass is 79.9. The molecule has 0 fully saturated rings. The highest BCUT2D eigenvalue weighted by Gasteiger charge is 2.11. The lowest BCUT2D eigenvalue weighted by Gasteiger charge is -2.05. The number of amides is 1. The van der Waals surface area contributed by atoms with Gasteiger partial charge in [0, 0.05) is 11.0 Å². The predicted molar refractivity (Wildman–Crippen MR) is 101 cm³/mol. The molecule has 3 rings (SSSR count). The third kappa shape index (κ3) is 4.89. The first-order valence-corrected chi connectivity index (χ1v) is 8.81. The molecule has 0 bridgehead atoms. The van der Waals surface area contributed by atoms with Crippen LogP contribution in [-0.2, 0) is 13.2 Å². The molecule has 0 aliphatic rings. The van der Waals surface area contributed by atoms with Crippen molar-refractivity contribution in [3.8, 4) is 11.5 Å². The molecule has 0 unspecified atom stereocenters. The maximum absolute atomic E-state index is 12.2. The van der Waals surface area contributed by atoms with Crippen LogP contribution in [0.4, 0.5) is 0 Å². The molecular formula is C20H18BrNO4. The van der Waals surface area contributed by atoms with Crippen LogP contribution < -0.4 is 14.8 Å². The van der Waals surface area contributed by atoms with E-state index in [0.29, 0.717) is 12.3 Å². The number of halogens is 1. The van der Waals surface area contributed by atoms with Crippen molar-refractivity contribution < 1.29 is 18.7 Å². The maximum atomic E-state index is 12.2. The van der Waals surface area contributed by atoms with E-state index in [-0.39, 0.29) is 18.3 Å². The van der Waals surface area contributed by atoms with E-state index < -0.39 is 0 Å². The summed E-state index contributed by atoms with van der Waals surface area (Å²) in [6.07, 6.45) is 0. The van der Waals surface area contributed by atoms with Crippen molar-refractivity contribution in [1.29, 1.82) is 0 Å². The van der Waals surface area contributed by atoms with Crippen molar-refractivity contribution in [3.05, 3.63) is 82.2 Å². The molecule has 0 saturated carbocycles. The number of carbonyl (C=O) groups is 1. The SMILES string of the molecule is COc1ccc(CNC(=O)c2ccc(COc3cccc(Br)c3)o2)cc1. The zero-order valence-corrected chi connectivity index (χ0v) is 15.8. The monoisotopic (exact) mass is 415 g/mol. The number of benzene rings is 2. The zero-order chi connectivity index (χ0) is 18.4. The summed E-state index contributed by atoms with van der Waals surface area (Å²) in [6.45, 7) is 0.662. The molecule has 134 valence electrons. The highest BCUT2D eigenvalue weighted by Crippen LogP contribution is 2.19. The molecule has 3 aromatic rings. The standard InChI is InChI=1S/C20H18BrNO4/c1-24-16-7-5-14(6-8-16)12-22-20(23)19-10-9-18(26-19)13-25-17-4-2-3-15(21)11-17/h2-11H,12-13H2,1H3,(H,22,23).